The number of rotatable bonds is 0. The van der Waals surface area contributed by atoms with Gasteiger partial charge in [0.05, 0.1) is 0 Å². The van der Waals surface area contributed by atoms with Crippen molar-refractivity contribution in [2.75, 3.05) is 0 Å². The van der Waals surface area contributed by atoms with Crippen LogP contribution in [0.4, 0.5) is 4.39 Å². The fourth-order valence-electron chi connectivity index (χ4n) is 1.39. The van der Waals surface area contributed by atoms with Crippen LogP contribution in [0.2, 0.25) is 0 Å². The second kappa shape index (κ2) is 2.34. The number of halogens is 1. The molecule has 0 aliphatic carbocycles. The molecule has 0 spiro atoms. The number of aryl methyl sites for hydroxylation is 2. The van der Waals surface area contributed by atoms with Gasteiger partial charge in [-0.25, -0.2) is 4.39 Å². The van der Waals surface area contributed by atoms with Crippen LogP contribution < -0.4 is 0 Å². The fraction of sp³-hybridized carbons (Fsp3) is 0.200. The predicted molar refractivity (Wildman–Crippen MR) is 47.6 cm³/mol. The molecular formula is C10H10FN. The molecule has 0 N–H and O–H groups in total. The lowest BCUT2D eigenvalue weighted by Crippen LogP contribution is -1.86. The molecule has 62 valence electrons. The van der Waals surface area contributed by atoms with E-state index < -0.39 is 0 Å². The van der Waals surface area contributed by atoms with E-state index in [-0.39, 0.29) is 5.82 Å². The minimum Gasteiger partial charge on any atom is -0.351 e. The Bertz CT molecular complexity index is 429. The van der Waals surface area contributed by atoms with Gasteiger partial charge in [-0.1, -0.05) is 0 Å². The van der Waals surface area contributed by atoms with Gasteiger partial charge in [0.2, 0.25) is 0 Å². The highest BCUT2D eigenvalue weighted by Crippen LogP contribution is 2.18. The van der Waals surface area contributed by atoms with Gasteiger partial charge < -0.3 is 4.57 Å². The zero-order valence-corrected chi connectivity index (χ0v) is 7.13. The van der Waals surface area contributed by atoms with Crippen LogP contribution in [0.5, 0.6) is 0 Å². The van der Waals surface area contributed by atoms with Crippen LogP contribution in [0.25, 0.3) is 10.9 Å². The minimum atomic E-state index is -0.131. The Morgan fingerprint density at radius 3 is 2.83 bits per heavy atom. The molecule has 0 bridgehead atoms. The van der Waals surface area contributed by atoms with E-state index in [2.05, 4.69) is 0 Å². The quantitative estimate of drug-likeness (QED) is 0.562. The van der Waals surface area contributed by atoms with Crippen molar-refractivity contribution in [2.45, 2.75) is 6.92 Å². The van der Waals surface area contributed by atoms with E-state index in [0.29, 0.717) is 5.56 Å². The molecular weight excluding hydrogens is 153 g/mol. The second-order valence-electron chi connectivity index (χ2n) is 3.09. The first-order chi connectivity index (χ1) is 5.68. The topological polar surface area (TPSA) is 4.93 Å². The maximum absolute atomic E-state index is 13.0. The maximum atomic E-state index is 13.0. The average Bonchev–Trinajstić information content (AvgIpc) is 2.35. The first kappa shape index (κ1) is 7.35. The Kier molecular flexibility index (Phi) is 1.43. The number of benzene rings is 1. The molecule has 1 heterocycles. The standard InChI is InChI=1S/C10H10FN/c1-7-5-10-8(6-9(7)11)3-4-12(10)2/h3-6H,1-2H3. The summed E-state index contributed by atoms with van der Waals surface area (Å²) < 4.78 is 15.0. The molecule has 12 heavy (non-hydrogen) atoms. The molecule has 2 aromatic rings. The van der Waals surface area contributed by atoms with Crippen LogP contribution in [-0.4, -0.2) is 4.57 Å². The lowest BCUT2D eigenvalue weighted by molar-refractivity contribution is 0.620. The van der Waals surface area contributed by atoms with E-state index in [1.807, 2.05) is 29.9 Å². The van der Waals surface area contributed by atoms with Crippen molar-refractivity contribution in [3.05, 3.63) is 35.8 Å². The maximum Gasteiger partial charge on any atom is 0.126 e. The molecule has 1 nitrogen and oxygen atoms in total. The third kappa shape index (κ3) is 0.916. The van der Waals surface area contributed by atoms with E-state index in [0.717, 1.165) is 10.9 Å². The van der Waals surface area contributed by atoms with Crippen LogP contribution in [0.3, 0.4) is 0 Å². The lowest BCUT2D eigenvalue weighted by atomic mass is 10.2. The summed E-state index contributed by atoms with van der Waals surface area (Å²) in [5, 5.41) is 0.959. The summed E-state index contributed by atoms with van der Waals surface area (Å²) in [5.74, 6) is -0.131. The van der Waals surface area contributed by atoms with E-state index >= 15 is 0 Å². The first-order valence-corrected chi connectivity index (χ1v) is 3.89. The molecule has 0 fully saturated rings. The zero-order chi connectivity index (χ0) is 8.72. The first-order valence-electron chi connectivity index (χ1n) is 3.89. The van der Waals surface area contributed by atoms with Crippen LogP contribution in [0.15, 0.2) is 24.4 Å². The summed E-state index contributed by atoms with van der Waals surface area (Å²) >= 11 is 0. The molecule has 1 aromatic heterocycles. The van der Waals surface area contributed by atoms with Gasteiger partial charge in [-0.3, -0.25) is 0 Å². The molecule has 1 aromatic carbocycles. The highest BCUT2D eigenvalue weighted by molar-refractivity contribution is 5.80. The minimum absolute atomic E-state index is 0.131. The molecule has 2 rings (SSSR count). The molecule has 0 unspecified atom stereocenters. The van der Waals surface area contributed by atoms with E-state index in [4.69, 9.17) is 0 Å². The summed E-state index contributed by atoms with van der Waals surface area (Å²) in [6, 6.07) is 5.35. The Morgan fingerprint density at radius 2 is 2.08 bits per heavy atom. The fourth-order valence-corrected chi connectivity index (χ4v) is 1.39. The van der Waals surface area contributed by atoms with Gasteiger partial charge in [-0.15, -0.1) is 0 Å². The summed E-state index contributed by atoms with van der Waals surface area (Å²) in [5.41, 5.74) is 1.78. The van der Waals surface area contributed by atoms with Crippen LogP contribution >= 0.6 is 0 Å². The van der Waals surface area contributed by atoms with E-state index in [9.17, 15) is 4.39 Å². The summed E-state index contributed by atoms with van der Waals surface area (Å²) in [6.07, 6.45) is 1.93. The highest BCUT2D eigenvalue weighted by Gasteiger charge is 2.02. The Morgan fingerprint density at radius 1 is 1.33 bits per heavy atom. The van der Waals surface area contributed by atoms with Gasteiger partial charge in [-0.05, 0) is 30.7 Å². The molecule has 2 heteroatoms. The Balaban J connectivity index is 2.87. The third-order valence-corrected chi connectivity index (χ3v) is 2.17. The van der Waals surface area contributed by atoms with Crippen molar-refractivity contribution >= 4 is 10.9 Å². The molecule has 0 radical (unpaired) electrons. The lowest BCUT2D eigenvalue weighted by Gasteiger charge is -1.98. The van der Waals surface area contributed by atoms with Gasteiger partial charge in [0.25, 0.3) is 0 Å². The molecule has 0 atom stereocenters. The van der Waals surface area contributed by atoms with Gasteiger partial charge in [-0.2, -0.15) is 0 Å². The SMILES string of the molecule is Cc1cc2c(ccn2C)cc1F. The molecule has 0 amide bonds. The van der Waals surface area contributed by atoms with Crippen LogP contribution in [-0.2, 0) is 7.05 Å². The van der Waals surface area contributed by atoms with Crippen molar-refractivity contribution in [3.63, 3.8) is 0 Å². The summed E-state index contributed by atoms with van der Waals surface area (Å²) in [6.45, 7) is 1.78. The van der Waals surface area contributed by atoms with Gasteiger partial charge in [0, 0.05) is 24.1 Å². The number of fused-ring (bicyclic) bond motifs is 1. The summed E-state index contributed by atoms with van der Waals surface area (Å²) in [4.78, 5) is 0. The Hall–Kier alpha value is -1.31. The van der Waals surface area contributed by atoms with Crippen molar-refractivity contribution in [1.82, 2.24) is 4.57 Å². The van der Waals surface area contributed by atoms with Gasteiger partial charge in [0.15, 0.2) is 0 Å². The average molecular weight is 163 g/mol. The summed E-state index contributed by atoms with van der Waals surface area (Å²) in [7, 11) is 1.96. The zero-order valence-electron chi connectivity index (χ0n) is 7.13. The number of hydrogen-bond donors (Lipinski definition) is 0. The third-order valence-electron chi connectivity index (χ3n) is 2.17. The second-order valence-corrected chi connectivity index (χ2v) is 3.09. The van der Waals surface area contributed by atoms with Gasteiger partial charge >= 0.3 is 0 Å². The van der Waals surface area contributed by atoms with Crippen molar-refractivity contribution in [2.24, 2.45) is 7.05 Å². The molecule has 0 aliphatic rings. The van der Waals surface area contributed by atoms with Crippen LogP contribution in [0.1, 0.15) is 5.56 Å². The highest BCUT2D eigenvalue weighted by atomic mass is 19.1. The van der Waals surface area contributed by atoms with Crippen molar-refractivity contribution in [3.8, 4) is 0 Å². The normalized spacial score (nSPS) is 10.9. The Labute approximate surface area is 70.4 Å². The number of aromatic nitrogens is 1. The van der Waals surface area contributed by atoms with Crippen molar-refractivity contribution in [1.29, 1.82) is 0 Å². The molecule has 0 aliphatic heterocycles. The monoisotopic (exact) mass is 163 g/mol. The van der Waals surface area contributed by atoms with Crippen LogP contribution in [0, 0.1) is 12.7 Å². The number of nitrogens with zero attached hydrogens (tertiary/aromatic N) is 1. The van der Waals surface area contributed by atoms with Crippen molar-refractivity contribution < 1.29 is 4.39 Å². The van der Waals surface area contributed by atoms with E-state index in [1.165, 1.54) is 0 Å². The molecule has 0 saturated carbocycles. The molecule has 0 saturated heterocycles. The van der Waals surface area contributed by atoms with E-state index in [1.54, 1.807) is 13.0 Å². The number of hydrogen-bond acceptors (Lipinski definition) is 0. The van der Waals surface area contributed by atoms with Gasteiger partial charge in [0.1, 0.15) is 5.82 Å². The smallest absolute Gasteiger partial charge is 0.126 e. The largest absolute Gasteiger partial charge is 0.351 e. The predicted octanol–water partition coefficient (Wildman–Crippen LogP) is 2.63.